The first-order valence-corrected chi connectivity index (χ1v) is 7.95. The first-order valence-electron chi connectivity index (χ1n) is 7.95. The summed E-state index contributed by atoms with van der Waals surface area (Å²) in [6.45, 7) is 9.19. The van der Waals surface area contributed by atoms with E-state index in [0.717, 1.165) is 12.5 Å². The monoisotopic (exact) mass is 253 g/mol. The first kappa shape index (κ1) is 14.3. The van der Waals surface area contributed by atoms with Gasteiger partial charge in [0.25, 0.3) is 0 Å². The van der Waals surface area contributed by atoms with Crippen molar-refractivity contribution in [2.24, 2.45) is 11.3 Å². The molecule has 2 rings (SSSR count). The van der Waals surface area contributed by atoms with Gasteiger partial charge in [-0.2, -0.15) is 0 Å². The molecule has 0 aromatic carbocycles. The van der Waals surface area contributed by atoms with Crippen LogP contribution in [0.1, 0.15) is 65.7 Å². The van der Waals surface area contributed by atoms with Gasteiger partial charge in [-0.15, -0.1) is 0 Å². The Hall–Kier alpha value is -0.0800. The van der Waals surface area contributed by atoms with Gasteiger partial charge >= 0.3 is 0 Å². The lowest BCUT2D eigenvalue weighted by molar-refractivity contribution is 0.0963. The fourth-order valence-corrected chi connectivity index (χ4v) is 3.26. The Morgan fingerprint density at radius 3 is 2.61 bits per heavy atom. The molecule has 0 aromatic rings. The molecule has 2 fully saturated rings. The normalized spacial score (nSPS) is 27.7. The summed E-state index contributed by atoms with van der Waals surface area (Å²) in [6.07, 6.45) is 10.1. The molecule has 0 amide bonds. The topological polar surface area (TPSA) is 21.3 Å². The van der Waals surface area contributed by atoms with Gasteiger partial charge in [0, 0.05) is 19.2 Å². The lowest BCUT2D eigenvalue weighted by Gasteiger charge is -2.31. The molecule has 0 radical (unpaired) electrons. The van der Waals surface area contributed by atoms with Crippen molar-refractivity contribution in [1.29, 1.82) is 0 Å². The Morgan fingerprint density at radius 2 is 2.06 bits per heavy atom. The van der Waals surface area contributed by atoms with E-state index in [1.54, 1.807) is 0 Å². The van der Waals surface area contributed by atoms with E-state index in [0.29, 0.717) is 17.6 Å². The molecule has 1 N–H and O–H groups in total. The largest absolute Gasteiger partial charge is 0.378 e. The van der Waals surface area contributed by atoms with Gasteiger partial charge in [0.05, 0.1) is 6.10 Å². The summed E-state index contributed by atoms with van der Waals surface area (Å²) < 4.78 is 5.73. The van der Waals surface area contributed by atoms with E-state index in [-0.39, 0.29) is 0 Å². The summed E-state index contributed by atoms with van der Waals surface area (Å²) in [7, 11) is 0. The SMILES string of the molecule is CC(C)NCC(C)(CCCC1CCCO1)C1CC1. The van der Waals surface area contributed by atoms with Crippen molar-refractivity contribution in [1.82, 2.24) is 5.32 Å². The van der Waals surface area contributed by atoms with Crippen molar-refractivity contribution in [3.63, 3.8) is 0 Å². The molecule has 1 saturated heterocycles. The molecule has 106 valence electrons. The third-order valence-electron chi connectivity index (χ3n) is 4.78. The zero-order chi connectivity index (χ0) is 13.0. The van der Waals surface area contributed by atoms with Crippen molar-refractivity contribution in [2.75, 3.05) is 13.2 Å². The molecule has 2 atom stereocenters. The molecule has 2 nitrogen and oxygen atoms in total. The summed E-state index contributed by atoms with van der Waals surface area (Å²) >= 11 is 0. The Labute approximate surface area is 113 Å². The summed E-state index contributed by atoms with van der Waals surface area (Å²) in [4.78, 5) is 0. The van der Waals surface area contributed by atoms with Crippen LogP contribution in [0.5, 0.6) is 0 Å². The minimum atomic E-state index is 0.531. The van der Waals surface area contributed by atoms with Crippen molar-refractivity contribution in [2.45, 2.75) is 77.9 Å². The van der Waals surface area contributed by atoms with Crippen molar-refractivity contribution in [3.8, 4) is 0 Å². The van der Waals surface area contributed by atoms with Gasteiger partial charge in [0.1, 0.15) is 0 Å². The molecule has 0 aromatic heterocycles. The van der Waals surface area contributed by atoms with Crippen molar-refractivity contribution in [3.05, 3.63) is 0 Å². The molecule has 1 saturated carbocycles. The van der Waals surface area contributed by atoms with Gasteiger partial charge in [-0.25, -0.2) is 0 Å². The average Bonchev–Trinajstić information content (AvgIpc) is 3.07. The van der Waals surface area contributed by atoms with E-state index in [9.17, 15) is 0 Å². The van der Waals surface area contributed by atoms with E-state index >= 15 is 0 Å². The van der Waals surface area contributed by atoms with Gasteiger partial charge in [-0.1, -0.05) is 27.2 Å². The highest BCUT2D eigenvalue weighted by molar-refractivity contribution is 4.93. The highest BCUT2D eigenvalue weighted by Crippen LogP contribution is 2.48. The van der Waals surface area contributed by atoms with Crippen molar-refractivity contribution < 1.29 is 4.74 Å². The van der Waals surface area contributed by atoms with Crippen molar-refractivity contribution >= 4 is 0 Å². The Morgan fingerprint density at radius 1 is 1.28 bits per heavy atom. The van der Waals surface area contributed by atoms with E-state index < -0.39 is 0 Å². The van der Waals surface area contributed by atoms with Gasteiger partial charge in [0.2, 0.25) is 0 Å². The predicted octanol–water partition coefficient (Wildman–Crippen LogP) is 3.75. The molecule has 2 heteroatoms. The van der Waals surface area contributed by atoms with Gasteiger partial charge in [-0.3, -0.25) is 0 Å². The molecule has 1 heterocycles. The average molecular weight is 253 g/mol. The Balaban J connectivity index is 1.71. The highest BCUT2D eigenvalue weighted by atomic mass is 16.5. The van der Waals surface area contributed by atoms with Crippen LogP contribution in [0.2, 0.25) is 0 Å². The molecule has 1 aliphatic heterocycles. The van der Waals surface area contributed by atoms with Crippen LogP contribution in [0.15, 0.2) is 0 Å². The second kappa shape index (κ2) is 6.38. The molecular formula is C16H31NO. The number of hydrogen-bond acceptors (Lipinski definition) is 2. The lowest BCUT2D eigenvalue weighted by Crippen LogP contribution is -2.37. The molecule has 0 bridgehead atoms. The van der Waals surface area contributed by atoms with E-state index in [1.807, 2.05) is 0 Å². The highest BCUT2D eigenvalue weighted by Gasteiger charge is 2.40. The van der Waals surface area contributed by atoms with Crippen LogP contribution >= 0.6 is 0 Å². The van der Waals surface area contributed by atoms with Crippen LogP contribution in [0.3, 0.4) is 0 Å². The van der Waals surface area contributed by atoms with E-state index in [4.69, 9.17) is 4.74 Å². The summed E-state index contributed by atoms with van der Waals surface area (Å²) in [6, 6.07) is 0.612. The summed E-state index contributed by atoms with van der Waals surface area (Å²) in [5.41, 5.74) is 0.531. The predicted molar refractivity (Wildman–Crippen MR) is 76.8 cm³/mol. The van der Waals surface area contributed by atoms with E-state index in [1.165, 1.54) is 51.5 Å². The van der Waals surface area contributed by atoms with Crippen LogP contribution in [-0.4, -0.2) is 25.3 Å². The quantitative estimate of drug-likeness (QED) is 0.711. The number of hydrogen-bond donors (Lipinski definition) is 1. The summed E-state index contributed by atoms with van der Waals surface area (Å²) in [5.74, 6) is 0.980. The maximum atomic E-state index is 5.73. The van der Waals surface area contributed by atoms with Crippen LogP contribution in [0.4, 0.5) is 0 Å². The molecule has 18 heavy (non-hydrogen) atoms. The minimum absolute atomic E-state index is 0.531. The zero-order valence-electron chi connectivity index (χ0n) is 12.5. The van der Waals surface area contributed by atoms with Crippen LogP contribution in [0.25, 0.3) is 0 Å². The molecule has 1 aliphatic carbocycles. The first-order chi connectivity index (χ1) is 8.60. The fraction of sp³-hybridized carbons (Fsp3) is 1.00. The third-order valence-corrected chi connectivity index (χ3v) is 4.78. The molecule has 2 aliphatic rings. The number of rotatable bonds is 8. The lowest BCUT2D eigenvalue weighted by atomic mass is 9.79. The number of ether oxygens (including phenoxy) is 1. The number of nitrogens with one attached hydrogen (secondary N) is 1. The smallest absolute Gasteiger partial charge is 0.0576 e. The minimum Gasteiger partial charge on any atom is -0.378 e. The van der Waals surface area contributed by atoms with Crippen LogP contribution < -0.4 is 5.32 Å². The van der Waals surface area contributed by atoms with Gasteiger partial charge < -0.3 is 10.1 Å². The fourth-order valence-electron chi connectivity index (χ4n) is 3.26. The molecular weight excluding hydrogens is 222 g/mol. The van der Waals surface area contributed by atoms with Gasteiger partial charge in [0.15, 0.2) is 0 Å². The van der Waals surface area contributed by atoms with E-state index in [2.05, 4.69) is 26.1 Å². The van der Waals surface area contributed by atoms with Crippen LogP contribution in [0, 0.1) is 11.3 Å². The molecule has 2 unspecified atom stereocenters. The van der Waals surface area contributed by atoms with Gasteiger partial charge in [-0.05, 0) is 49.9 Å². The Bertz CT molecular complexity index is 243. The maximum Gasteiger partial charge on any atom is 0.0576 e. The second-order valence-electron chi connectivity index (χ2n) is 6.99. The maximum absolute atomic E-state index is 5.73. The zero-order valence-corrected chi connectivity index (χ0v) is 12.5. The second-order valence-corrected chi connectivity index (χ2v) is 6.99. The Kier molecular flexibility index (Phi) is 5.08. The molecule has 0 spiro atoms. The standard InChI is InChI=1S/C16H31NO/c1-13(2)17-12-16(3,14-8-9-14)10-4-6-15-7-5-11-18-15/h13-15,17H,4-12H2,1-3H3. The third kappa shape index (κ3) is 4.24. The van der Waals surface area contributed by atoms with Crippen LogP contribution in [-0.2, 0) is 4.74 Å². The summed E-state index contributed by atoms with van der Waals surface area (Å²) in [5, 5.41) is 3.65.